The molecule has 1 fully saturated rings. The Hall–Kier alpha value is -3.54. The Balaban J connectivity index is 1.41. The van der Waals surface area contributed by atoms with Crippen LogP contribution in [0.4, 0.5) is 0 Å². The molecule has 6 nitrogen and oxygen atoms in total. The molecule has 4 rings (SSSR count). The number of allylic oxidation sites excluding steroid dienone is 1. The van der Waals surface area contributed by atoms with Crippen LogP contribution in [0.15, 0.2) is 61.2 Å². The van der Waals surface area contributed by atoms with E-state index < -0.39 is 5.97 Å². The lowest BCUT2D eigenvalue weighted by molar-refractivity contribution is 0.0697. The molecule has 1 aliphatic carbocycles. The van der Waals surface area contributed by atoms with Gasteiger partial charge in [-0.3, -0.25) is 9.89 Å². The molecule has 1 aliphatic rings. The first-order valence-electron chi connectivity index (χ1n) is 11.5. The van der Waals surface area contributed by atoms with Gasteiger partial charge in [0.05, 0.1) is 5.56 Å². The number of ketones is 1. The van der Waals surface area contributed by atoms with Crippen LogP contribution in [0.25, 0.3) is 11.1 Å². The van der Waals surface area contributed by atoms with Crippen molar-refractivity contribution >= 4 is 11.8 Å². The number of aromatic carboxylic acids is 1. The second-order valence-electron chi connectivity index (χ2n) is 8.79. The van der Waals surface area contributed by atoms with Gasteiger partial charge in [0.25, 0.3) is 0 Å². The number of carbonyl (C=O) groups is 2. The first-order valence-corrected chi connectivity index (χ1v) is 11.5. The van der Waals surface area contributed by atoms with Gasteiger partial charge in [0, 0.05) is 12.3 Å². The molecular weight excluding hydrogens is 414 g/mol. The maximum absolute atomic E-state index is 13.0. The Bertz CT molecular complexity index is 1130. The van der Waals surface area contributed by atoms with E-state index in [2.05, 4.69) is 21.8 Å². The highest BCUT2D eigenvalue weighted by Crippen LogP contribution is 2.33. The van der Waals surface area contributed by atoms with Gasteiger partial charge >= 0.3 is 5.97 Å². The lowest BCUT2D eigenvalue weighted by Crippen LogP contribution is -2.24. The number of carbonyl (C=O) groups excluding carboxylic acids is 1. The van der Waals surface area contributed by atoms with Crippen LogP contribution < -0.4 is 0 Å². The van der Waals surface area contributed by atoms with E-state index in [0.29, 0.717) is 23.7 Å². The molecule has 2 aromatic carbocycles. The molecule has 2 unspecified atom stereocenters. The molecule has 2 N–H and O–H groups in total. The van der Waals surface area contributed by atoms with Crippen molar-refractivity contribution < 1.29 is 14.7 Å². The smallest absolute Gasteiger partial charge is 0.336 e. The van der Waals surface area contributed by atoms with Crippen molar-refractivity contribution in [2.24, 2.45) is 11.8 Å². The lowest BCUT2D eigenvalue weighted by atomic mass is 9.77. The van der Waals surface area contributed by atoms with Crippen LogP contribution in [-0.2, 0) is 6.42 Å². The summed E-state index contributed by atoms with van der Waals surface area (Å²) in [6.07, 6.45) is 8.65. The van der Waals surface area contributed by atoms with E-state index in [0.717, 1.165) is 43.2 Å². The molecule has 1 saturated carbocycles. The van der Waals surface area contributed by atoms with E-state index in [1.807, 2.05) is 36.4 Å². The Morgan fingerprint density at radius 1 is 1.12 bits per heavy atom. The number of aromatic amines is 1. The Kier molecular flexibility index (Phi) is 7.13. The summed E-state index contributed by atoms with van der Waals surface area (Å²) < 4.78 is 0. The number of aromatic nitrogens is 3. The number of Topliss-reactive ketones (excluding diaryl/α,β-unsaturated/α-hetero) is 1. The molecule has 0 spiro atoms. The third-order valence-electron chi connectivity index (χ3n) is 6.48. The highest BCUT2D eigenvalue weighted by molar-refractivity contribution is 5.96. The molecule has 170 valence electrons. The van der Waals surface area contributed by atoms with Gasteiger partial charge in [-0.05, 0) is 54.4 Å². The van der Waals surface area contributed by atoms with Crippen LogP contribution in [0.3, 0.4) is 0 Å². The number of nitrogens with zero attached hydrogens (tertiary/aromatic N) is 2. The van der Waals surface area contributed by atoms with Crippen LogP contribution in [0.1, 0.15) is 70.9 Å². The van der Waals surface area contributed by atoms with Crippen molar-refractivity contribution in [2.45, 2.75) is 44.9 Å². The number of hydrogen-bond acceptors (Lipinski definition) is 4. The van der Waals surface area contributed by atoms with Crippen LogP contribution in [-0.4, -0.2) is 32.0 Å². The fraction of sp³-hybridized carbons (Fsp3) is 0.333. The highest BCUT2D eigenvalue weighted by atomic mass is 16.4. The average Bonchev–Trinajstić information content (AvgIpc) is 3.31. The SMILES string of the molecule is C=CCCC1CCCC(C(=O)c2n[nH]c(Cc3ccc(-c4ccccc4C(=O)O)cc3)n2)C1. The van der Waals surface area contributed by atoms with Crippen molar-refractivity contribution in [3.8, 4) is 11.1 Å². The summed E-state index contributed by atoms with van der Waals surface area (Å²) in [5.74, 6) is 0.613. The minimum Gasteiger partial charge on any atom is -0.478 e. The molecular formula is C27H29N3O3. The van der Waals surface area contributed by atoms with E-state index in [9.17, 15) is 14.7 Å². The predicted octanol–water partition coefficient (Wildman–Crippen LogP) is 5.72. The molecule has 33 heavy (non-hydrogen) atoms. The number of hydrogen-bond donors (Lipinski definition) is 2. The van der Waals surface area contributed by atoms with Crippen molar-refractivity contribution in [1.29, 1.82) is 0 Å². The molecule has 6 heteroatoms. The molecule has 1 heterocycles. The van der Waals surface area contributed by atoms with Crippen LogP contribution in [0, 0.1) is 11.8 Å². The molecule has 0 saturated heterocycles. The van der Waals surface area contributed by atoms with E-state index in [4.69, 9.17) is 0 Å². The van der Waals surface area contributed by atoms with Gasteiger partial charge in [-0.1, -0.05) is 61.4 Å². The van der Waals surface area contributed by atoms with Gasteiger partial charge in [-0.25, -0.2) is 9.78 Å². The summed E-state index contributed by atoms with van der Waals surface area (Å²) in [7, 11) is 0. The lowest BCUT2D eigenvalue weighted by Gasteiger charge is -2.27. The van der Waals surface area contributed by atoms with Gasteiger partial charge in [0.2, 0.25) is 11.6 Å². The Morgan fingerprint density at radius 3 is 2.67 bits per heavy atom. The zero-order valence-corrected chi connectivity index (χ0v) is 18.7. The second-order valence-corrected chi connectivity index (χ2v) is 8.79. The van der Waals surface area contributed by atoms with Crippen molar-refractivity contribution in [3.63, 3.8) is 0 Å². The molecule has 3 aromatic rings. The number of carboxylic acid groups (broad SMARTS) is 1. The fourth-order valence-corrected chi connectivity index (χ4v) is 4.73. The van der Waals surface area contributed by atoms with Gasteiger partial charge < -0.3 is 5.11 Å². The standard InChI is InChI=1S/C27H29N3O3/c1-2-3-7-18-8-6-9-21(16-18)25(31)26-28-24(29-30-26)17-19-12-14-20(15-13-19)22-10-4-5-11-23(22)27(32)33/h2,4-5,10-15,18,21H,1,3,6-9,16-17H2,(H,32,33)(H,28,29,30). The van der Waals surface area contributed by atoms with Crippen LogP contribution in [0.2, 0.25) is 0 Å². The second kappa shape index (κ2) is 10.4. The maximum Gasteiger partial charge on any atom is 0.336 e. The largest absolute Gasteiger partial charge is 0.478 e. The molecule has 0 amide bonds. The number of H-pyrrole nitrogens is 1. The van der Waals surface area contributed by atoms with Gasteiger partial charge in [-0.2, -0.15) is 5.10 Å². The molecule has 0 aliphatic heterocycles. The number of carboxylic acids is 1. The highest BCUT2D eigenvalue weighted by Gasteiger charge is 2.29. The van der Waals surface area contributed by atoms with Crippen LogP contribution in [0.5, 0.6) is 0 Å². The minimum atomic E-state index is -0.946. The summed E-state index contributed by atoms with van der Waals surface area (Å²) in [5.41, 5.74) is 2.80. The summed E-state index contributed by atoms with van der Waals surface area (Å²) in [4.78, 5) is 28.9. The molecule has 0 bridgehead atoms. The molecule has 2 atom stereocenters. The summed E-state index contributed by atoms with van der Waals surface area (Å²) in [5, 5.41) is 16.5. The Morgan fingerprint density at radius 2 is 1.91 bits per heavy atom. The van der Waals surface area contributed by atoms with Crippen molar-refractivity contribution in [1.82, 2.24) is 15.2 Å². The fourth-order valence-electron chi connectivity index (χ4n) is 4.73. The number of benzene rings is 2. The van der Waals surface area contributed by atoms with Crippen molar-refractivity contribution in [3.05, 3.63) is 84.0 Å². The summed E-state index contributed by atoms with van der Waals surface area (Å²) in [6, 6.07) is 14.7. The molecule has 0 radical (unpaired) electrons. The third kappa shape index (κ3) is 5.45. The first kappa shape index (κ1) is 22.6. The summed E-state index contributed by atoms with van der Waals surface area (Å²) >= 11 is 0. The van der Waals surface area contributed by atoms with E-state index in [1.54, 1.807) is 18.2 Å². The third-order valence-corrected chi connectivity index (χ3v) is 6.48. The van der Waals surface area contributed by atoms with E-state index >= 15 is 0 Å². The van der Waals surface area contributed by atoms with Gasteiger partial charge in [0.1, 0.15) is 5.82 Å². The molecule has 1 aromatic heterocycles. The first-order chi connectivity index (χ1) is 16.0. The number of nitrogens with one attached hydrogen (secondary N) is 1. The van der Waals surface area contributed by atoms with E-state index in [1.165, 1.54) is 6.42 Å². The average molecular weight is 444 g/mol. The topological polar surface area (TPSA) is 95.9 Å². The summed E-state index contributed by atoms with van der Waals surface area (Å²) in [6.45, 7) is 3.80. The maximum atomic E-state index is 13.0. The zero-order valence-electron chi connectivity index (χ0n) is 18.7. The van der Waals surface area contributed by atoms with Gasteiger partial charge in [0.15, 0.2) is 0 Å². The van der Waals surface area contributed by atoms with E-state index in [-0.39, 0.29) is 23.1 Å². The predicted molar refractivity (Wildman–Crippen MR) is 127 cm³/mol. The van der Waals surface area contributed by atoms with Gasteiger partial charge in [-0.15, -0.1) is 6.58 Å². The van der Waals surface area contributed by atoms with Crippen LogP contribution >= 0.6 is 0 Å². The normalized spacial score (nSPS) is 18.1. The Labute approximate surface area is 193 Å². The monoisotopic (exact) mass is 443 g/mol. The quantitative estimate of drug-likeness (QED) is 0.326. The van der Waals surface area contributed by atoms with Crippen molar-refractivity contribution in [2.75, 3.05) is 0 Å². The zero-order chi connectivity index (χ0) is 23.2. The minimum absolute atomic E-state index is 0.00537. The number of rotatable bonds is 9.